The van der Waals surface area contributed by atoms with Crippen LogP contribution >= 0.6 is 0 Å². The average molecular weight is 253 g/mol. The van der Waals surface area contributed by atoms with Crippen molar-refractivity contribution in [3.05, 3.63) is 24.3 Å². The second-order valence-corrected chi connectivity index (χ2v) is 10.1. The van der Waals surface area contributed by atoms with Crippen molar-refractivity contribution in [2.45, 2.75) is 25.7 Å². The fraction of sp³-hybridized carbons (Fsp3) is 0.417. The third-order valence-electron chi connectivity index (χ3n) is 2.57. The number of carbonyl (C=O) groups is 1. The zero-order valence-corrected chi connectivity index (χ0v) is 11.4. The highest BCUT2D eigenvalue weighted by Crippen LogP contribution is 2.09. The van der Waals surface area contributed by atoms with Crippen molar-refractivity contribution in [3.8, 4) is 0 Å². The van der Waals surface area contributed by atoms with Crippen molar-refractivity contribution in [3.63, 3.8) is 0 Å². The second kappa shape index (κ2) is 5.33. The van der Waals surface area contributed by atoms with Gasteiger partial charge in [0.25, 0.3) is 0 Å². The summed E-state index contributed by atoms with van der Waals surface area (Å²) in [4.78, 5) is 10.7. The van der Waals surface area contributed by atoms with Crippen LogP contribution < -0.4 is 10.5 Å². The summed E-state index contributed by atoms with van der Waals surface area (Å²) in [5.41, 5.74) is 0.716. The molecule has 1 atom stereocenters. The number of anilines is 1. The maximum Gasteiger partial charge on any atom is 0.328 e. The molecule has 0 bridgehead atoms. The Morgan fingerprint density at radius 3 is 2.18 bits per heavy atom. The molecule has 0 aliphatic rings. The standard InChI is InChI=1S/C12H19NO3Si/c1-17(2,3)10-6-4-9(5-7-10)13-11(8-14)12(15)16/h4-7,11,13-14H,8H2,1-3H3,(H,15,16). The van der Waals surface area contributed by atoms with Crippen LogP contribution in [-0.4, -0.2) is 36.9 Å². The van der Waals surface area contributed by atoms with E-state index in [0.717, 1.165) is 0 Å². The number of aliphatic hydroxyl groups is 1. The minimum absolute atomic E-state index is 0.425. The van der Waals surface area contributed by atoms with Gasteiger partial charge in [-0.3, -0.25) is 0 Å². The predicted octanol–water partition coefficient (Wildman–Crippen LogP) is 1.09. The summed E-state index contributed by atoms with van der Waals surface area (Å²) in [6.45, 7) is 6.33. The molecule has 0 amide bonds. The van der Waals surface area contributed by atoms with E-state index in [-0.39, 0.29) is 0 Å². The molecule has 0 fully saturated rings. The molecule has 1 aromatic carbocycles. The van der Waals surface area contributed by atoms with Gasteiger partial charge in [0.1, 0.15) is 6.04 Å². The highest BCUT2D eigenvalue weighted by atomic mass is 28.3. The van der Waals surface area contributed by atoms with Crippen LogP contribution in [-0.2, 0) is 4.79 Å². The summed E-state index contributed by atoms with van der Waals surface area (Å²) in [7, 11) is -1.32. The van der Waals surface area contributed by atoms with Gasteiger partial charge in [-0.05, 0) is 12.1 Å². The number of rotatable bonds is 5. The van der Waals surface area contributed by atoms with Crippen LogP contribution in [0, 0.1) is 0 Å². The molecular formula is C12H19NO3Si. The number of nitrogens with one attached hydrogen (secondary N) is 1. The van der Waals surface area contributed by atoms with Gasteiger partial charge < -0.3 is 15.5 Å². The van der Waals surface area contributed by atoms with Crippen molar-refractivity contribution < 1.29 is 15.0 Å². The van der Waals surface area contributed by atoms with Gasteiger partial charge in [-0.2, -0.15) is 0 Å². The van der Waals surface area contributed by atoms with Gasteiger partial charge in [-0.15, -0.1) is 0 Å². The van der Waals surface area contributed by atoms with Crippen LogP contribution in [0.4, 0.5) is 5.69 Å². The van der Waals surface area contributed by atoms with E-state index in [2.05, 4.69) is 25.0 Å². The fourth-order valence-corrected chi connectivity index (χ4v) is 2.62. The van der Waals surface area contributed by atoms with Crippen molar-refractivity contribution in [1.29, 1.82) is 0 Å². The Labute approximate surface area is 102 Å². The molecule has 0 aliphatic heterocycles. The summed E-state index contributed by atoms with van der Waals surface area (Å²) < 4.78 is 0. The normalized spacial score (nSPS) is 13.2. The van der Waals surface area contributed by atoms with Gasteiger partial charge >= 0.3 is 5.97 Å². The van der Waals surface area contributed by atoms with E-state index in [0.29, 0.717) is 5.69 Å². The molecule has 17 heavy (non-hydrogen) atoms. The lowest BCUT2D eigenvalue weighted by molar-refractivity contribution is -0.138. The maximum atomic E-state index is 10.7. The molecule has 1 rings (SSSR count). The second-order valence-electron chi connectivity index (χ2n) is 5.05. The van der Waals surface area contributed by atoms with Crippen LogP contribution in [0.1, 0.15) is 0 Å². The molecule has 0 saturated heterocycles. The van der Waals surface area contributed by atoms with Gasteiger partial charge in [0.05, 0.1) is 14.7 Å². The molecule has 0 heterocycles. The molecule has 3 N–H and O–H groups in total. The minimum Gasteiger partial charge on any atom is -0.480 e. The lowest BCUT2D eigenvalue weighted by Crippen LogP contribution is -2.37. The molecule has 0 radical (unpaired) electrons. The third kappa shape index (κ3) is 3.87. The van der Waals surface area contributed by atoms with Crippen LogP contribution in [0.2, 0.25) is 19.6 Å². The zero-order chi connectivity index (χ0) is 13.1. The first kappa shape index (κ1) is 13.7. The Balaban J connectivity index is 2.78. The first-order chi connectivity index (χ1) is 7.84. The summed E-state index contributed by atoms with van der Waals surface area (Å²) in [6.07, 6.45) is 0. The number of hydrogen-bond donors (Lipinski definition) is 3. The minimum atomic E-state index is -1.32. The highest BCUT2D eigenvalue weighted by Gasteiger charge is 2.17. The first-order valence-electron chi connectivity index (χ1n) is 5.55. The molecule has 1 unspecified atom stereocenters. The van der Waals surface area contributed by atoms with Crippen molar-refractivity contribution >= 4 is 24.9 Å². The predicted molar refractivity (Wildman–Crippen MR) is 71.6 cm³/mol. The molecule has 0 spiro atoms. The Hall–Kier alpha value is -1.33. The SMILES string of the molecule is C[Si](C)(C)c1ccc(NC(CO)C(=O)O)cc1. The van der Waals surface area contributed by atoms with Gasteiger partial charge in [-0.25, -0.2) is 4.79 Å². The summed E-state index contributed by atoms with van der Waals surface area (Å²) in [6, 6.07) is 6.81. The molecule has 0 saturated carbocycles. The largest absolute Gasteiger partial charge is 0.480 e. The third-order valence-corrected chi connectivity index (χ3v) is 4.64. The van der Waals surface area contributed by atoms with E-state index >= 15 is 0 Å². The molecule has 0 aromatic heterocycles. The molecule has 94 valence electrons. The van der Waals surface area contributed by atoms with E-state index in [9.17, 15) is 4.79 Å². The van der Waals surface area contributed by atoms with Gasteiger partial charge in [0.15, 0.2) is 0 Å². The Morgan fingerprint density at radius 1 is 1.29 bits per heavy atom. The number of aliphatic hydroxyl groups excluding tert-OH is 1. The van der Waals surface area contributed by atoms with Gasteiger partial charge in [-0.1, -0.05) is 37.0 Å². The van der Waals surface area contributed by atoms with Crippen LogP contribution in [0.15, 0.2) is 24.3 Å². The van der Waals surface area contributed by atoms with Crippen LogP contribution in [0.25, 0.3) is 0 Å². The van der Waals surface area contributed by atoms with Gasteiger partial charge in [0, 0.05) is 5.69 Å². The van der Waals surface area contributed by atoms with Crippen molar-refractivity contribution in [2.24, 2.45) is 0 Å². The van der Waals surface area contributed by atoms with E-state index in [1.165, 1.54) is 5.19 Å². The smallest absolute Gasteiger partial charge is 0.328 e. The Kier molecular flexibility index (Phi) is 4.31. The summed E-state index contributed by atoms with van der Waals surface area (Å²) >= 11 is 0. The van der Waals surface area contributed by atoms with E-state index in [1.54, 1.807) is 0 Å². The number of benzene rings is 1. The van der Waals surface area contributed by atoms with Crippen molar-refractivity contribution in [1.82, 2.24) is 0 Å². The van der Waals surface area contributed by atoms with Crippen molar-refractivity contribution in [2.75, 3.05) is 11.9 Å². The Bertz CT molecular complexity index is 384. The lowest BCUT2D eigenvalue weighted by atomic mass is 10.2. The highest BCUT2D eigenvalue weighted by molar-refractivity contribution is 6.88. The van der Waals surface area contributed by atoms with Crippen LogP contribution in [0.5, 0.6) is 0 Å². The molecule has 4 nitrogen and oxygen atoms in total. The Morgan fingerprint density at radius 2 is 1.82 bits per heavy atom. The zero-order valence-electron chi connectivity index (χ0n) is 10.4. The first-order valence-corrected chi connectivity index (χ1v) is 9.05. The molecule has 0 aliphatic carbocycles. The fourth-order valence-electron chi connectivity index (χ4n) is 1.45. The quantitative estimate of drug-likeness (QED) is 0.687. The number of carboxylic acid groups (broad SMARTS) is 1. The molecule has 1 aromatic rings. The number of carboxylic acids is 1. The topological polar surface area (TPSA) is 69.6 Å². The summed E-state index contributed by atoms with van der Waals surface area (Å²) in [5, 5.41) is 21.8. The number of aliphatic carboxylic acids is 1. The van der Waals surface area contributed by atoms with Gasteiger partial charge in [0.2, 0.25) is 0 Å². The van der Waals surface area contributed by atoms with E-state index in [1.807, 2.05) is 24.3 Å². The van der Waals surface area contributed by atoms with E-state index < -0.39 is 26.7 Å². The maximum absolute atomic E-state index is 10.7. The average Bonchev–Trinajstić information content (AvgIpc) is 2.25. The van der Waals surface area contributed by atoms with E-state index in [4.69, 9.17) is 10.2 Å². The summed E-state index contributed by atoms with van der Waals surface area (Å²) in [5.74, 6) is -1.05. The lowest BCUT2D eigenvalue weighted by Gasteiger charge is -2.18. The number of hydrogen-bond acceptors (Lipinski definition) is 3. The van der Waals surface area contributed by atoms with Crippen LogP contribution in [0.3, 0.4) is 0 Å². The molecular weight excluding hydrogens is 234 g/mol. The molecule has 5 heteroatoms. The monoisotopic (exact) mass is 253 g/mol.